The molecule has 3 rings (SSSR count). The van der Waals surface area contributed by atoms with Gasteiger partial charge < -0.3 is 9.62 Å². The van der Waals surface area contributed by atoms with Crippen LogP contribution in [-0.4, -0.2) is 44.4 Å². The van der Waals surface area contributed by atoms with Gasteiger partial charge in [0.2, 0.25) is 0 Å². The molecule has 0 unspecified atom stereocenters. The van der Waals surface area contributed by atoms with E-state index in [1.807, 2.05) is 0 Å². The first-order valence-electron chi connectivity index (χ1n) is 9.98. The van der Waals surface area contributed by atoms with E-state index < -0.39 is 0 Å². The maximum absolute atomic E-state index is 2.93. The van der Waals surface area contributed by atoms with Gasteiger partial charge in [0, 0.05) is 22.2 Å². The van der Waals surface area contributed by atoms with Gasteiger partial charge in [-0.25, -0.2) is 0 Å². The second kappa shape index (κ2) is 6.22. The molecule has 0 aliphatic carbocycles. The van der Waals surface area contributed by atoms with E-state index >= 15 is 0 Å². The Morgan fingerprint density at radius 3 is 1.04 bits per heavy atom. The quantitative estimate of drug-likeness (QED) is 0.476. The van der Waals surface area contributed by atoms with Gasteiger partial charge in [-0.05, 0) is 93.9 Å². The normalized spacial score (nSPS) is 34.5. The van der Waals surface area contributed by atoms with E-state index in [0.29, 0.717) is 22.2 Å². The summed E-state index contributed by atoms with van der Waals surface area (Å²) in [6, 6.07) is 0. The highest BCUT2D eigenvalue weighted by Gasteiger charge is 2.57. The molecule has 3 aliphatic heterocycles. The van der Waals surface area contributed by atoms with Gasteiger partial charge >= 0.3 is 0 Å². The molecular formula is C18H38B2N2P2. The van der Waals surface area contributed by atoms with Crippen LogP contribution >= 0.6 is 16.7 Å². The molecule has 0 aromatic rings. The summed E-state index contributed by atoms with van der Waals surface area (Å²) in [5.74, 6) is 0. The molecule has 0 bridgehead atoms. The van der Waals surface area contributed by atoms with Crippen molar-refractivity contribution in [3.8, 4) is 0 Å². The molecule has 2 nitrogen and oxygen atoms in total. The SMILES string of the molecule is CC1(C)CCCC(C)(C)N1B1PB(N2C(C)(C)CCCC2(C)C)P1. The molecule has 3 fully saturated rings. The van der Waals surface area contributed by atoms with E-state index in [0.717, 1.165) is 29.2 Å². The van der Waals surface area contributed by atoms with Crippen molar-refractivity contribution >= 4 is 29.2 Å². The molecule has 0 aromatic heterocycles. The first-order chi connectivity index (χ1) is 10.9. The summed E-state index contributed by atoms with van der Waals surface area (Å²) < 4.78 is 0. The largest absolute Gasteiger partial charge is 0.326 e. The number of piperidine rings is 2. The van der Waals surface area contributed by atoms with Crippen molar-refractivity contribution in [3.05, 3.63) is 0 Å². The maximum Gasteiger partial charge on any atom is 0.262 e. The van der Waals surface area contributed by atoms with Gasteiger partial charge in [0.25, 0.3) is 12.6 Å². The van der Waals surface area contributed by atoms with Crippen molar-refractivity contribution in [2.45, 2.75) is 116 Å². The molecule has 136 valence electrons. The Labute approximate surface area is 155 Å². The number of hydrogen-bond acceptors (Lipinski definition) is 2. The van der Waals surface area contributed by atoms with Crippen LogP contribution in [0.3, 0.4) is 0 Å². The maximum atomic E-state index is 2.93. The second-order valence-corrected chi connectivity index (χ2v) is 14.8. The minimum Gasteiger partial charge on any atom is -0.326 e. The predicted molar refractivity (Wildman–Crippen MR) is 116 cm³/mol. The van der Waals surface area contributed by atoms with Crippen LogP contribution in [0.1, 0.15) is 93.9 Å². The monoisotopic (exact) mass is 366 g/mol. The summed E-state index contributed by atoms with van der Waals surface area (Å²) in [6.07, 6.45) is 9.94. The van der Waals surface area contributed by atoms with Crippen LogP contribution in [0.15, 0.2) is 0 Å². The van der Waals surface area contributed by atoms with Crippen LogP contribution in [-0.2, 0) is 0 Å². The van der Waals surface area contributed by atoms with Gasteiger partial charge in [-0.2, -0.15) is 0 Å². The Kier molecular flexibility index (Phi) is 5.10. The van der Waals surface area contributed by atoms with Crippen LogP contribution in [0.2, 0.25) is 0 Å². The first kappa shape index (κ1) is 19.7. The molecule has 3 aliphatic rings. The van der Waals surface area contributed by atoms with Crippen molar-refractivity contribution in [3.63, 3.8) is 0 Å². The van der Waals surface area contributed by atoms with Crippen molar-refractivity contribution in [2.24, 2.45) is 0 Å². The first-order valence-corrected chi connectivity index (χ1v) is 12.3. The van der Waals surface area contributed by atoms with Gasteiger partial charge in [-0.1, -0.05) is 0 Å². The lowest BCUT2D eigenvalue weighted by atomic mass is 9.75. The lowest BCUT2D eigenvalue weighted by Crippen LogP contribution is -2.69. The van der Waals surface area contributed by atoms with Crippen molar-refractivity contribution in [1.29, 1.82) is 0 Å². The minimum absolute atomic E-state index is 0.379. The van der Waals surface area contributed by atoms with E-state index in [4.69, 9.17) is 0 Å². The van der Waals surface area contributed by atoms with E-state index in [1.54, 1.807) is 0 Å². The Morgan fingerprint density at radius 2 is 0.792 bits per heavy atom. The molecule has 0 saturated carbocycles. The molecule has 0 amide bonds. The molecule has 6 heteroatoms. The topological polar surface area (TPSA) is 6.48 Å². The van der Waals surface area contributed by atoms with Gasteiger partial charge in [0.15, 0.2) is 0 Å². The zero-order valence-electron chi connectivity index (χ0n) is 17.3. The smallest absolute Gasteiger partial charge is 0.262 e. The standard InChI is InChI=1S/C18H38B2N2P2/c1-15(2)11-9-12-16(3,4)21(15)19-23-20(24-19)22-17(5,6)13-10-14-18(22,7)8/h23-24H,9-14H2,1-8H3. The molecule has 0 radical (unpaired) electrons. The molecule has 3 saturated heterocycles. The Bertz CT molecular complexity index is 413. The summed E-state index contributed by atoms with van der Waals surface area (Å²) in [6.45, 7) is 19.9. The number of nitrogens with zero attached hydrogens (tertiary/aromatic N) is 2. The fourth-order valence-corrected chi connectivity index (χ4v) is 11.4. The van der Waals surface area contributed by atoms with Crippen LogP contribution in [0.25, 0.3) is 0 Å². The lowest BCUT2D eigenvalue weighted by Gasteiger charge is -2.63. The van der Waals surface area contributed by atoms with Crippen LogP contribution < -0.4 is 0 Å². The van der Waals surface area contributed by atoms with Crippen molar-refractivity contribution in [2.75, 3.05) is 0 Å². The van der Waals surface area contributed by atoms with Crippen LogP contribution in [0.4, 0.5) is 0 Å². The molecular weight excluding hydrogens is 328 g/mol. The molecule has 0 N–H and O–H groups in total. The summed E-state index contributed by atoms with van der Waals surface area (Å²) in [7, 11) is 2.19. The average Bonchev–Trinajstić information content (AvgIpc) is 2.30. The Balaban J connectivity index is 1.74. The van der Waals surface area contributed by atoms with E-state index in [9.17, 15) is 0 Å². The minimum atomic E-state index is 0.379. The second-order valence-electron chi connectivity index (χ2n) is 10.8. The lowest BCUT2D eigenvalue weighted by molar-refractivity contribution is 0.0522. The van der Waals surface area contributed by atoms with E-state index in [2.05, 4.69) is 65.0 Å². The highest BCUT2D eigenvalue weighted by Crippen LogP contribution is 2.61. The third kappa shape index (κ3) is 3.40. The molecule has 24 heavy (non-hydrogen) atoms. The Hall–Kier alpha value is 0.910. The summed E-state index contributed by atoms with van der Waals surface area (Å²) >= 11 is 0. The van der Waals surface area contributed by atoms with Crippen molar-refractivity contribution in [1.82, 2.24) is 9.62 Å². The molecule has 0 spiro atoms. The van der Waals surface area contributed by atoms with Gasteiger partial charge in [-0.3, -0.25) is 0 Å². The average molecular weight is 366 g/mol. The predicted octanol–water partition coefficient (Wildman–Crippen LogP) is 5.41. The zero-order valence-corrected chi connectivity index (χ0v) is 19.3. The van der Waals surface area contributed by atoms with Gasteiger partial charge in [-0.15, -0.1) is 16.7 Å². The zero-order chi connectivity index (χ0) is 18.0. The third-order valence-electron chi connectivity index (χ3n) is 6.91. The third-order valence-corrected chi connectivity index (χ3v) is 11.2. The number of hydrogen-bond donors (Lipinski definition) is 0. The highest BCUT2D eigenvalue weighted by molar-refractivity contribution is 8.48. The van der Waals surface area contributed by atoms with Crippen LogP contribution in [0.5, 0.6) is 0 Å². The molecule has 3 heterocycles. The van der Waals surface area contributed by atoms with Gasteiger partial charge in [0.1, 0.15) is 0 Å². The summed E-state index contributed by atoms with van der Waals surface area (Å²) in [5.41, 5.74) is 1.52. The Morgan fingerprint density at radius 1 is 0.542 bits per heavy atom. The van der Waals surface area contributed by atoms with Gasteiger partial charge in [0.05, 0.1) is 0 Å². The van der Waals surface area contributed by atoms with Crippen molar-refractivity contribution < 1.29 is 0 Å². The molecule has 0 atom stereocenters. The summed E-state index contributed by atoms with van der Waals surface area (Å²) in [5, 5.41) is 0. The number of rotatable bonds is 2. The fourth-order valence-electron chi connectivity index (χ4n) is 6.02. The van der Waals surface area contributed by atoms with E-state index in [-0.39, 0.29) is 0 Å². The van der Waals surface area contributed by atoms with E-state index in [1.165, 1.54) is 38.5 Å². The fraction of sp³-hybridized carbons (Fsp3) is 1.00. The highest BCUT2D eigenvalue weighted by atomic mass is 31.2. The van der Waals surface area contributed by atoms with Crippen LogP contribution in [0, 0.1) is 0 Å². The molecule has 0 aromatic carbocycles. The summed E-state index contributed by atoms with van der Waals surface area (Å²) in [4.78, 5) is 5.86.